The third-order valence-corrected chi connectivity index (χ3v) is 3.28. The zero-order valence-corrected chi connectivity index (χ0v) is 12.7. The summed E-state index contributed by atoms with van der Waals surface area (Å²) in [6.45, 7) is 6.53. The Labute approximate surface area is 129 Å². The first-order chi connectivity index (χ1) is 10.7. The predicted molar refractivity (Wildman–Crippen MR) is 79.8 cm³/mol. The fourth-order valence-electron chi connectivity index (χ4n) is 2.12. The molecule has 1 aliphatic rings. The molecule has 1 aliphatic heterocycles. The fraction of sp³-hybridized carbons (Fsp3) is 0.533. The second kappa shape index (κ2) is 8.45. The maximum Gasteiger partial charge on any atom is 0.356 e. The standard InChI is InChI=1S/C15H21N3O4/c1-2-22-15(20)13-5-3-4-12(17-13)14(19)16-6-7-18-8-10-21-11-9-18/h3-5H,2,6-11H2,1H3,(H,16,19). The summed E-state index contributed by atoms with van der Waals surface area (Å²) in [6, 6.07) is 4.73. The fourth-order valence-corrected chi connectivity index (χ4v) is 2.12. The van der Waals surface area contributed by atoms with Gasteiger partial charge in [-0.15, -0.1) is 0 Å². The van der Waals surface area contributed by atoms with Gasteiger partial charge in [0.1, 0.15) is 11.4 Å². The lowest BCUT2D eigenvalue weighted by Gasteiger charge is -2.26. The van der Waals surface area contributed by atoms with Crippen LogP contribution in [0.15, 0.2) is 18.2 Å². The lowest BCUT2D eigenvalue weighted by Crippen LogP contribution is -2.41. The molecule has 120 valence electrons. The van der Waals surface area contributed by atoms with Gasteiger partial charge in [0.05, 0.1) is 19.8 Å². The number of nitrogens with zero attached hydrogens (tertiary/aromatic N) is 2. The van der Waals surface area contributed by atoms with Crippen LogP contribution >= 0.6 is 0 Å². The minimum absolute atomic E-state index is 0.141. The molecule has 1 aromatic rings. The highest BCUT2D eigenvalue weighted by molar-refractivity contribution is 5.94. The number of morpholine rings is 1. The monoisotopic (exact) mass is 307 g/mol. The first kappa shape index (κ1) is 16.4. The van der Waals surface area contributed by atoms with Crippen molar-refractivity contribution in [2.75, 3.05) is 46.0 Å². The summed E-state index contributed by atoms with van der Waals surface area (Å²) in [7, 11) is 0. The molecule has 1 fully saturated rings. The van der Waals surface area contributed by atoms with Crippen LogP contribution in [0.1, 0.15) is 27.9 Å². The van der Waals surface area contributed by atoms with E-state index in [0.717, 1.165) is 32.8 Å². The molecular weight excluding hydrogens is 286 g/mol. The van der Waals surface area contributed by atoms with Gasteiger partial charge in [0.15, 0.2) is 0 Å². The van der Waals surface area contributed by atoms with Gasteiger partial charge in [0.2, 0.25) is 0 Å². The second-order valence-electron chi connectivity index (χ2n) is 4.84. The van der Waals surface area contributed by atoms with Crippen molar-refractivity contribution in [3.63, 3.8) is 0 Å². The van der Waals surface area contributed by atoms with Crippen molar-refractivity contribution in [1.29, 1.82) is 0 Å². The van der Waals surface area contributed by atoms with Crippen molar-refractivity contribution in [2.24, 2.45) is 0 Å². The van der Waals surface area contributed by atoms with Gasteiger partial charge in [-0.3, -0.25) is 9.69 Å². The van der Waals surface area contributed by atoms with E-state index in [0.29, 0.717) is 6.54 Å². The third kappa shape index (κ3) is 4.78. The molecule has 0 atom stereocenters. The Balaban J connectivity index is 1.83. The quantitative estimate of drug-likeness (QED) is 0.762. The van der Waals surface area contributed by atoms with Crippen LogP contribution in [0.5, 0.6) is 0 Å². The summed E-state index contributed by atoms with van der Waals surface area (Å²) in [5.41, 5.74) is 0.357. The average Bonchev–Trinajstić information content (AvgIpc) is 2.56. The van der Waals surface area contributed by atoms with Crippen molar-refractivity contribution in [3.8, 4) is 0 Å². The number of amides is 1. The molecule has 2 heterocycles. The summed E-state index contributed by atoms with van der Waals surface area (Å²) in [4.78, 5) is 29.9. The molecule has 7 nitrogen and oxygen atoms in total. The van der Waals surface area contributed by atoms with Crippen LogP contribution in [0.2, 0.25) is 0 Å². The van der Waals surface area contributed by atoms with Crippen LogP contribution in [-0.4, -0.2) is 67.8 Å². The van der Waals surface area contributed by atoms with E-state index < -0.39 is 5.97 Å². The van der Waals surface area contributed by atoms with Gasteiger partial charge in [-0.1, -0.05) is 6.07 Å². The summed E-state index contributed by atoms with van der Waals surface area (Å²) in [5.74, 6) is -0.815. The van der Waals surface area contributed by atoms with E-state index in [4.69, 9.17) is 9.47 Å². The van der Waals surface area contributed by atoms with E-state index >= 15 is 0 Å². The molecule has 2 rings (SSSR count). The number of carbonyl (C=O) groups is 2. The van der Waals surface area contributed by atoms with Gasteiger partial charge in [-0.25, -0.2) is 9.78 Å². The number of rotatable bonds is 6. The topological polar surface area (TPSA) is 80.8 Å². The largest absolute Gasteiger partial charge is 0.461 e. The number of aromatic nitrogens is 1. The zero-order valence-electron chi connectivity index (χ0n) is 12.7. The number of ether oxygens (including phenoxy) is 2. The van der Waals surface area contributed by atoms with E-state index in [2.05, 4.69) is 15.2 Å². The van der Waals surface area contributed by atoms with E-state index in [-0.39, 0.29) is 23.9 Å². The summed E-state index contributed by atoms with van der Waals surface area (Å²) in [5, 5.41) is 2.81. The molecule has 0 spiro atoms. The molecule has 22 heavy (non-hydrogen) atoms. The van der Waals surface area contributed by atoms with Gasteiger partial charge in [0, 0.05) is 26.2 Å². The Morgan fingerprint density at radius 2 is 2.05 bits per heavy atom. The molecule has 1 aromatic heterocycles. The van der Waals surface area contributed by atoms with Gasteiger partial charge in [0.25, 0.3) is 5.91 Å². The van der Waals surface area contributed by atoms with Crippen molar-refractivity contribution in [2.45, 2.75) is 6.92 Å². The van der Waals surface area contributed by atoms with Crippen molar-refractivity contribution in [3.05, 3.63) is 29.6 Å². The Kier molecular flexibility index (Phi) is 6.29. The van der Waals surface area contributed by atoms with Crippen LogP contribution < -0.4 is 5.32 Å². The van der Waals surface area contributed by atoms with Crippen molar-refractivity contribution >= 4 is 11.9 Å². The first-order valence-electron chi connectivity index (χ1n) is 7.43. The number of carbonyl (C=O) groups excluding carboxylic acids is 2. The Bertz CT molecular complexity index is 515. The van der Waals surface area contributed by atoms with Gasteiger partial charge >= 0.3 is 5.97 Å². The molecule has 1 N–H and O–H groups in total. The molecule has 0 saturated carbocycles. The van der Waals surface area contributed by atoms with Crippen LogP contribution in [0.3, 0.4) is 0 Å². The summed E-state index contributed by atoms with van der Waals surface area (Å²) < 4.78 is 10.1. The Morgan fingerprint density at radius 1 is 1.32 bits per heavy atom. The SMILES string of the molecule is CCOC(=O)c1cccc(C(=O)NCCN2CCOCC2)n1. The van der Waals surface area contributed by atoms with Crippen molar-refractivity contribution in [1.82, 2.24) is 15.2 Å². The lowest BCUT2D eigenvalue weighted by atomic mass is 10.3. The molecule has 0 unspecified atom stereocenters. The minimum Gasteiger partial charge on any atom is -0.461 e. The number of pyridine rings is 1. The van der Waals surface area contributed by atoms with Gasteiger partial charge < -0.3 is 14.8 Å². The van der Waals surface area contributed by atoms with Crippen molar-refractivity contribution < 1.29 is 19.1 Å². The molecule has 0 radical (unpaired) electrons. The predicted octanol–water partition coefficient (Wildman–Crippen LogP) is 0.320. The van der Waals surface area contributed by atoms with E-state index in [1.54, 1.807) is 19.1 Å². The molecule has 0 aliphatic carbocycles. The Hall–Kier alpha value is -1.99. The molecular formula is C15H21N3O4. The van der Waals surface area contributed by atoms with Crippen LogP contribution in [0.25, 0.3) is 0 Å². The van der Waals surface area contributed by atoms with E-state index in [1.807, 2.05) is 0 Å². The second-order valence-corrected chi connectivity index (χ2v) is 4.84. The number of nitrogens with one attached hydrogen (secondary N) is 1. The summed E-state index contributed by atoms with van der Waals surface area (Å²) in [6.07, 6.45) is 0. The van der Waals surface area contributed by atoms with Gasteiger partial charge in [-0.05, 0) is 19.1 Å². The summed E-state index contributed by atoms with van der Waals surface area (Å²) >= 11 is 0. The number of hydrogen-bond acceptors (Lipinski definition) is 6. The van der Waals surface area contributed by atoms with Crippen LogP contribution in [-0.2, 0) is 9.47 Å². The highest BCUT2D eigenvalue weighted by Gasteiger charge is 2.14. The molecule has 1 amide bonds. The van der Waals surface area contributed by atoms with Gasteiger partial charge in [-0.2, -0.15) is 0 Å². The highest BCUT2D eigenvalue weighted by atomic mass is 16.5. The molecule has 0 aromatic carbocycles. The smallest absolute Gasteiger partial charge is 0.356 e. The maximum absolute atomic E-state index is 12.1. The third-order valence-electron chi connectivity index (χ3n) is 3.28. The normalized spacial score (nSPS) is 15.3. The zero-order chi connectivity index (χ0) is 15.8. The molecule has 0 bridgehead atoms. The van der Waals surface area contributed by atoms with E-state index in [9.17, 15) is 9.59 Å². The number of esters is 1. The maximum atomic E-state index is 12.1. The van der Waals surface area contributed by atoms with Crippen LogP contribution in [0.4, 0.5) is 0 Å². The molecule has 7 heteroatoms. The van der Waals surface area contributed by atoms with E-state index in [1.165, 1.54) is 6.07 Å². The lowest BCUT2D eigenvalue weighted by molar-refractivity contribution is 0.0383. The minimum atomic E-state index is -0.523. The Morgan fingerprint density at radius 3 is 2.77 bits per heavy atom. The molecule has 1 saturated heterocycles. The average molecular weight is 307 g/mol. The highest BCUT2D eigenvalue weighted by Crippen LogP contribution is 2.02. The van der Waals surface area contributed by atoms with Crippen LogP contribution in [0, 0.1) is 0 Å². The first-order valence-corrected chi connectivity index (χ1v) is 7.43. The number of hydrogen-bond donors (Lipinski definition) is 1.